The molecule has 8 heteroatoms. The molecule has 1 saturated heterocycles. The molecule has 0 aliphatic carbocycles. The summed E-state index contributed by atoms with van der Waals surface area (Å²) in [6.45, 7) is 14.5. The summed E-state index contributed by atoms with van der Waals surface area (Å²) in [7, 11) is 0. The lowest BCUT2D eigenvalue weighted by Crippen LogP contribution is -2.37. The average Bonchev–Trinajstić information content (AvgIpc) is 3.46. The topological polar surface area (TPSA) is 79.3 Å². The largest absolute Gasteiger partial charge is 0.334 e. The summed E-state index contributed by atoms with van der Waals surface area (Å²) >= 11 is 5.99. The van der Waals surface area contributed by atoms with Crippen LogP contribution in [0, 0.1) is 5.41 Å². The molecule has 196 valence electrons. The summed E-state index contributed by atoms with van der Waals surface area (Å²) < 4.78 is 2.01. The van der Waals surface area contributed by atoms with E-state index in [1.807, 2.05) is 15.5 Å². The number of carbonyl (C=O) groups is 2. The fourth-order valence-electron chi connectivity index (χ4n) is 4.56. The number of imidazole rings is 1. The number of amides is 2. The van der Waals surface area contributed by atoms with Crippen LogP contribution >= 0.6 is 11.6 Å². The van der Waals surface area contributed by atoms with Crippen LogP contribution in [0.1, 0.15) is 56.5 Å². The minimum atomic E-state index is -0.264. The Labute approximate surface area is 223 Å². The zero-order valence-corrected chi connectivity index (χ0v) is 22.8. The van der Waals surface area contributed by atoms with Gasteiger partial charge in [0.15, 0.2) is 0 Å². The van der Waals surface area contributed by atoms with Gasteiger partial charge in [-0.1, -0.05) is 45.0 Å². The second kappa shape index (κ2) is 11.1. The number of hydrogen-bond donors (Lipinski definition) is 2. The molecule has 0 bridgehead atoms. The monoisotopic (exact) mass is 521 g/mol. The number of likely N-dealkylation sites (tertiary alicyclic amines) is 1. The second-order valence-electron chi connectivity index (χ2n) is 10.8. The Hall–Kier alpha value is -3.16. The Morgan fingerprint density at radius 2 is 1.95 bits per heavy atom. The van der Waals surface area contributed by atoms with Crippen LogP contribution in [0.25, 0.3) is 11.0 Å². The van der Waals surface area contributed by atoms with Crippen molar-refractivity contribution in [1.82, 2.24) is 19.8 Å². The highest BCUT2D eigenvalue weighted by molar-refractivity contribution is 6.30. The first-order chi connectivity index (χ1) is 17.6. The predicted octanol–water partition coefficient (Wildman–Crippen LogP) is 5.64. The highest BCUT2D eigenvalue weighted by Gasteiger charge is 2.29. The minimum Gasteiger partial charge on any atom is -0.334 e. The zero-order chi connectivity index (χ0) is 26.7. The Balaban J connectivity index is 1.65. The Bertz CT molecular complexity index is 1290. The molecule has 1 unspecified atom stereocenters. The summed E-state index contributed by atoms with van der Waals surface area (Å²) in [6.07, 6.45) is 3.19. The third kappa shape index (κ3) is 6.22. The van der Waals surface area contributed by atoms with Crippen molar-refractivity contribution in [1.29, 1.82) is 0 Å². The van der Waals surface area contributed by atoms with Crippen LogP contribution < -0.4 is 10.6 Å². The Morgan fingerprint density at radius 1 is 1.22 bits per heavy atom. The number of aromatic nitrogens is 2. The summed E-state index contributed by atoms with van der Waals surface area (Å²) in [5, 5.41) is 7.15. The Morgan fingerprint density at radius 3 is 2.62 bits per heavy atom. The molecule has 1 aromatic heterocycles. The van der Waals surface area contributed by atoms with Gasteiger partial charge in [-0.2, -0.15) is 0 Å². The van der Waals surface area contributed by atoms with Gasteiger partial charge in [0, 0.05) is 36.3 Å². The molecule has 0 spiro atoms. The number of anilines is 1. The number of fused-ring (bicyclic) bond motifs is 1. The molecule has 4 rings (SSSR count). The number of carbonyl (C=O) groups excluding carboxylic acids is 2. The third-order valence-corrected chi connectivity index (χ3v) is 7.54. The van der Waals surface area contributed by atoms with Gasteiger partial charge < -0.3 is 14.8 Å². The van der Waals surface area contributed by atoms with Crippen molar-refractivity contribution in [3.8, 4) is 0 Å². The van der Waals surface area contributed by atoms with Crippen LogP contribution in [0.3, 0.4) is 0 Å². The van der Waals surface area contributed by atoms with Crippen LogP contribution in [0.4, 0.5) is 5.95 Å². The first-order valence-corrected chi connectivity index (χ1v) is 13.2. The van der Waals surface area contributed by atoms with E-state index in [-0.39, 0.29) is 23.3 Å². The van der Waals surface area contributed by atoms with Crippen molar-refractivity contribution in [2.45, 2.75) is 65.7 Å². The molecule has 1 aliphatic heterocycles. The maximum atomic E-state index is 13.1. The third-order valence-electron chi connectivity index (χ3n) is 7.28. The van der Waals surface area contributed by atoms with Gasteiger partial charge in [-0.25, -0.2) is 4.98 Å². The van der Waals surface area contributed by atoms with Gasteiger partial charge in [-0.05, 0) is 73.2 Å². The molecule has 2 heterocycles. The van der Waals surface area contributed by atoms with Gasteiger partial charge >= 0.3 is 0 Å². The van der Waals surface area contributed by atoms with Crippen LogP contribution in [0.2, 0.25) is 5.02 Å². The molecule has 2 atom stereocenters. The van der Waals surface area contributed by atoms with E-state index in [1.54, 1.807) is 24.3 Å². The molecule has 3 aromatic rings. The van der Waals surface area contributed by atoms with Crippen molar-refractivity contribution in [2.24, 2.45) is 5.41 Å². The lowest BCUT2D eigenvalue weighted by Gasteiger charge is -2.28. The lowest BCUT2D eigenvalue weighted by atomic mass is 9.88. The van der Waals surface area contributed by atoms with Gasteiger partial charge in [-0.15, -0.1) is 0 Å². The van der Waals surface area contributed by atoms with Crippen LogP contribution in [0.15, 0.2) is 55.1 Å². The molecule has 1 fully saturated rings. The van der Waals surface area contributed by atoms with E-state index in [0.717, 1.165) is 36.0 Å². The standard InChI is InChI=1S/C29H36ClN5O2/c1-6-26(36)34-15-7-8-23(34)18-35-25-14-9-20(17-31-19(2)29(3,4)5)16-24(25)32-28(35)33-27(37)21-10-12-22(30)13-11-21/h6,9-14,16,19,23,31H,1,7-8,15,17-18H2,2-5H3,(H,32,33,37)/t19-,23?/m0/s1. The first kappa shape index (κ1) is 26.9. The van der Waals surface area contributed by atoms with E-state index in [2.05, 4.69) is 57.0 Å². The van der Waals surface area contributed by atoms with Crippen molar-refractivity contribution in [3.05, 3.63) is 71.3 Å². The summed E-state index contributed by atoms with van der Waals surface area (Å²) in [5.41, 5.74) is 3.48. The average molecular weight is 522 g/mol. The van der Waals surface area contributed by atoms with Crippen molar-refractivity contribution >= 4 is 40.4 Å². The normalized spacial score (nSPS) is 16.7. The maximum absolute atomic E-state index is 13.1. The number of benzene rings is 2. The number of halogens is 1. The lowest BCUT2D eigenvalue weighted by molar-refractivity contribution is -0.126. The van der Waals surface area contributed by atoms with Crippen molar-refractivity contribution in [2.75, 3.05) is 11.9 Å². The van der Waals surface area contributed by atoms with Gasteiger partial charge in [0.05, 0.1) is 17.1 Å². The van der Waals surface area contributed by atoms with Gasteiger partial charge in [0.1, 0.15) is 0 Å². The van der Waals surface area contributed by atoms with Gasteiger partial charge in [0.2, 0.25) is 11.9 Å². The number of nitrogens with one attached hydrogen (secondary N) is 2. The summed E-state index contributed by atoms with van der Waals surface area (Å²) in [4.78, 5) is 32.2. The molecule has 2 aromatic carbocycles. The summed E-state index contributed by atoms with van der Waals surface area (Å²) in [6, 6.07) is 13.3. The van der Waals surface area contributed by atoms with E-state index >= 15 is 0 Å². The van der Waals surface area contributed by atoms with E-state index in [0.29, 0.717) is 35.7 Å². The molecule has 37 heavy (non-hydrogen) atoms. The van der Waals surface area contributed by atoms with Gasteiger partial charge in [0.25, 0.3) is 5.91 Å². The van der Waals surface area contributed by atoms with E-state index in [4.69, 9.17) is 16.6 Å². The highest BCUT2D eigenvalue weighted by atomic mass is 35.5. The predicted molar refractivity (Wildman–Crippen MR) is 150 cm³/mol. The number of hydrogen-bond acceptors (Lipinski definition) is 4. The van der Waals surface area contributed by atoms with Crippen LogP contribution in [-0.2, 0) is 17.9 Å². The molecule has 1 aliphatic rings. The Kier molecular flexibility index (Phi) is 8.05. The van der Waals surface area contributed by atoms with E-state index in [9.17, 15) is 9.59 Å². The maximum Gasteiger partial charge on any atom is 0.257 e. The van der Waals surface area contributed by atoms with E-state index in [1.165, 1.54) is 6.08 Å². The number of nitrogens with zero attached hydrogens (tertiary/aromatic N) is 3. The SMILES string of the molecule is C=CC(=O)N1CCCC1Cn1c(NC(=O)c2ccc(Cl)cc2)nc2cc(CN[C@@H](C)C(C)(C)C)ccc21. The zero-order valence-electron chi connectivity index (χ0n) is 22.1. The van der Waals surface area contributed by atoms with E-state index < -0.39 is 0 Å². The quantitative estimate of drug-likeness (QED) is 0.376. The van der Waals surface area contributed by atoms with Gasteiger partial charge in [-0.3, -0.25) is 14.9 Å². The fraction of sp³-hybridized carbons (Fsp3) is 0.414. The molecular formula is C29H36ClN5O2. The van der Waals surface area contributed by atoms with Crippen LogP contribution in [-0.4, -0.2) is 44.9 Å². The first-order valence-electron chi connectivity index (χ1n) is 12.8. The highest BCUT2D eigenvalue weighted by Crippen LogP contribution is 2.27. The number of rotatable bonds is 8. The van der Waals surface area contributed by atoms with Crippen molar-refractivity contribution < 1.29 is 9.59 Å². The molecular weight excluding hydrogens is 486 g/mol. The molecule has 0 radical (unpaired) electrons. The molecule has 7 nitrogen and oxygen atoms in total. The molecule has 0 saturated carbocycles. The van der Waals surface area contributed by atoms with Crippen LogP contribution in [0.5, 0.6) is 0 Å². The molecule has 2 amide bonds. The smallest absolute Gasteiger partial charge is 0.257 e. The minimum absolute atomic E-state index is 0.00284. The fourth-order valence-corrected chi connectivity index (χ4v) is 4.69. The van der Waals surface area contributed by atoms with Crippen molar-refractivity contribution in [3.63, 3.8) is 0 Å². The molecule has 2 N–H and O–H groups in total. The summed E-state index contributed by atoms with van der Waals surface area (Å²) in [5.74, 6) is 0.126. The second-order valence-corrected chi connectivity index (χ2v) is 11.3.